The van der Waals surface area contributed by atoms with E-state index in [-0.39, 0.29) is 50.6 Å². The number of aromatic hydroxyl groups is 2. The summed E-state index contributed by atoms with van der Waals surface area (Å²) in [5, 5.41) is 48.7. The highest BCUT2D eigenvalue weighted by atomic mass is 16.7. The highest BCUT2D eigenvalue weighted by Crippen LogP contribution is 2.54. The van der Waals surface area contributed by atoms with Crippen molar-refractivity contribution in [3.8, 4) is 23.0 Å². The second-order valence-electron chi connectivity index (χ2n) is 16.7. The van der Waals surface area contributed by atoms with Crippen LogP contribution in [0.2, 0.25) is 0 Å². The maximum Gasteiger partial charge on any atom is 0.312 e. The van der Waals surface area contributed by atoms with E-state index >= 15 is 0 Å². The minimum atomic E-state index is -2.03. The van der Waals surface area contributed by atoms with Crippen LogP contribution in [-0.2, 0) is 28.6 Å². The first kappa shape index (κ1) is 50.5. The molecule has 5 N–H and O–H groups in total. The van der Waals surface area contributed by atoms with Gasteiger partial charge in [-0.15, -0.1) is 0 Å². The van der Waals surface area contributed by atoms with Gasteiger partial charge in [0.25, 0.3) is 17.6 Å². The molecule has 348 valence electrons. The van der Waals surface area contributed by atoms with Gasteiger partial charge in [-0.3, -0.25) is 19.2 Å². The smallest absolute Gasteiger partial charge is 0.312 e. The summed E-state index contributed by atoms with van der Waals surface area (Å²) in [7, 11) is 1.44. The Morgan fingerprint density at radius 1 is 0.905 bits per heavy atom. The number of anilines is 1. The van der Waals surface area contributed by atoms with Gasteiger partial charge in [0.2, 0.25) is 0 Å². The number of amides is 2. The van der Waals surface area contributed by atoms with Crippen LogP contribution in [0.1, 0.15) is 85.2 Å². The molecule has 63 heavy (non-hydrogen) atoms. The Labute approximate surface area is 370 Å². The highest BCUT2D eigenvalue weighted by Gasteiger charge is 2.50. The number of aliphatic hydroxyl groups is 2. The van der Waals surface area contributed by atoms with Gasteiger partial charge in [0.1, 0.15) is 23.4 Å². The van der Waals surface area contributed by atoms with Gasteiger partial charge in [0, 0.05) is 86.9 Å². The summed E-state index contributed by atoms with van der Waals surface area (Å²) in [5.74, 6) is -8.02. The van der Waals surface area contributed by atoms with E-state index in [1.165, 1.54) is 59.3 Å². The number of hydrogen-bond donors (Lipinski definition) is 5. The molecule has 5 rings (SSSR count). The number of nitrogens with one attached hydrogen (secondary N) is 1. The van der Waals surface area contributed by atoms with Crippen molar-refractivity contribution in [2.45, 2.75) is 106 Å². The normalized spacial score (nSPS) is 26.9. The van der Waals surface area contributed by atoms with Crippen LogP contribution in [0.15, 0.2) is 42.2 Å². The minimum Gasteiger partial charge on any atom is -0.507 e. The van der Waals surface area contributed by atoms with Crippen LogP contribution < -0.4 is 14.8 Å². The predicted octanol–water partition coefficient (Wildman–Crippen LogP) is 5.62. The van der Waals surface area contributed by atoms with Crippen molar-refractivity contribution in [2.24, 2.45) is 23.7 Å². The molecule has 0 saturated heterocycles. The van der Waals surface area contributed by atoms with Crippen LogP contribution in [0.25, 0.3) is 10.8 Å². The van der Waals surface area contributed by atoms with Gasteiger partial charge in [-0.1, -0.05) is 59.8 Å². The Morgan fingerprint density at radius 3 is 2.17 bits per heavy atom. The number of ether oxygens (including phenoxy) is 5. The summed E-state index contributed by atoms with van der Waals surface area (Å²) in [6.07, 6.45) is 3.61. The number of Topliss-reactive ketones (excluding diaryl/α,β-unsaturated/α-hetero) is 1. The van der Waals surface area contributed by atoms with Gasteiger partial charge in [-0.2, -0.15) is 0 Å². The molecule has 3 aliphatic rings. The van der Waals surface area contributed by atoms with E-state index in [4.69, 9.17) is 23.7 Å². The Hall–Kier alpha value is -5.16. The first-order valence-electron chi connectivity index (χ1n) is 21.7. The minimum absolute atomic E-state index is 0.0568. The lowest BCUT2D eigenvalue weighted by molar-refractivity contribution is -0.160. The van der Waals surface area contributed by atoms with Crippen LogP contribution in [0.3, 0.4) is 0 Å². The molecule has 2 aromatic rings. The van der Waals surface area contributed by atoms with Crippen LogP contribution >= 0.6 is 0 Å². The van der Waals surface area contributed by atoms with Crippen molar-refractivity contribution in [3.63, 3.8) is 0 Å². The lowest BCUT2D eigenvalue weighted by Crippen LogP contribution is -2.46. The molecular weight excluding hydrogens is 815 g/mol. The number of fused-ring (bicyclic) bond motifs is 14. The number of carbonyl (C=O) groups is 4. The molecular formula is C47H67N3O13. The van der Waals surface area contributed by atoms with Crippen molar-refractivity contribution in [1.82, 2.24) is 9.80 Å². The van der Waals surface area contributed by atoms with Gasteiger partial charge in [-0.25, -0.2) is 0 Å². The zero-order valence-corrected chi connectivity index (χ0v) is 38.7. The van der Waals surface area contributed by atoms with Crippen molar-refractivity contribution in [3.05, 3.63) is 53.3 Å². The molecule has 0 aliphatic carbocycles. The van der Waals surface area contributed by atoms with Crippen molar-refractivity contribution >= 4 is 40.0 Å². The maximum atomic E-state index is 14.6. The maximum absolute atomic E-state index is 14.6. The molecule has 2 amide bonds. The number of esters is 1. The SMILES string of the molecule is CCN(CC)CCN(CC)C(=O)COc1cc2c(O)c3c(O)c(C)c4c(c13)C(=O)C(C)(OC=CC(OC)C(C)C(OC(C)=O)C(C)C(O)C(C)C(O)C(C)C=CC=C(C)C(=O)N2)O4. The number of phenols is 2. The number of aliphatic hydroxyl groups excluding tert-OH is 2. The summed E-state index contributed by atoms with van der Waals surface area (Å²) in [6.45, 7) is 21.1. The lowest BCUT2D eigenvalue weighted by Gasteiger charge is -2.38. The number of hydrogen-bond acceptors (Lipinski definition) is 14. The van der Waals surface area contributed by atoms with E-state index < -0.39 is 89.6 Å². The summed E-state index contributed by atoms with van der Waals surface area (Å²) < 4.78 is 30.0. The van der Waals surface area contributed by atoms with Crippen LogP contribution in [0, 0.1) is 30.6 Å². The average Bonchev–Trinajstić information content (AvgIpc) is 3.52. The Morgan fingerprint density at radius 2 is 1.57 bits per heavy atom. The number of carbonyl (C=O) groups excluding carboxylic acids is 4. The van der Waals surface area contributed by atoms with E-state index in [9.17, 15) is 39.6 Å². The van der Waals surface area contributed by atoms with Crippen molar-refractivity contribution in [2.75, 3.05) is 51.8 Å². The molecule has 0 aromatic heterocycles. The fraction of sp³-hybridized carbons (Fsp3) is 0.574. The third-order valence-electron chi connectivity index (χ3n) is 12.5. The molecule has 0 spiro atoms. The first-order chi connectivity index (χ1) is 29.7. The van der Waals surface area contributed by atoms with Gasteiger partial charge in [0.15, 0.2) is 12.4 Å². The average molecular weight is 882 g/mol. The zero-order chi connectivity index (χ0) is 47.1. The number of ketones is 1. The lowest BCUT2D eigenvalue weighted by atomic mass is 9.78. The Kier molecular flexibility index (Phi) is 17.2. The molecule has 9 atom stereocenters. The number of nitrogens with zero attached hydrogens (tertiary/aromatic N) is 2. The molecule has 16 heteroatoms. The van der Waals surface area contributed by atoms with E-state index in [1.54, 1.807) is 44.7 Å². The van der Waals surface area contributed by atoms with Crippen LogP contribution in [0.4, 0.5) is 5.69 Å². The van der Waals surface area contributed by atoms with Crippen molar-refractivity contribution < 1.29 is 63.3 Å². The largest absolute Gasteiger partial charge is 0.507 e. The molecule has 0 radical (unpaired) electrons. The predicted molar refractivity (Wildman–Crippen MR) is 238 cm³/mol. The fourth-order valence-electron chi connectivity index (χ4n) is 8.24. The number of phenolic OH excluding ortho intramolecular Hbond substituents is 2. The number of allylic oxidation sites excluding steroid dienone is 2. The second kappa shape index (κ2) is 21.5. The highest BCUT2D eigenvalue weighted by molar-refractivity contribution is 6.21. The standard InChI is InChI=1S/C47H67N3O13/c1-13-49(14-2)20-21-50(15-3)35(52)24-60-34-23-32-42(56)37-36(34)38-44(30(9)41(37)55)63-47(11,45(38)57)61-22-19-33(59-12)27(6)43(62-31(10)51)29(8)40(54)28(7)39(53)25(4)17-16-18-26(5)46(58)48-32/h16-19,22-23,25,27-29,33,39-40,43,53-56H,13-15,20-21,24H2,1-12H3,(H,48,58). The summed E-state index contributed by atoms with van der Waals surface area (Å²) in [5.41, 5.74) is -0.00604. The molecule has 2 aromatic carbocycles. The molecule has 3 aliphatic heterocycles. The van der Waals surface area contributed by atoms with E-state index in [0.717, 1.165) is 13.1 Å². The quantitative estimate of drug-likeness (QED) is 0.137. The monoisotopic (exact) mass is 881 g/mol. The third-order valence-corrected chi connectivity index (χ3v) is 12.5. The first-order valence-corrected chi connectivity index (χ1v) is 21.7. The van der Waals surface area contributed by atoms with Gasteiger partial charge in [-0.05, 0) is 39.9 Å². The molecule has 3 heterocycles. The summed E-state index contributed by atoms with van der Waals surface area (Å²) in [6, 6.07) is 1.28. The summed E-state index contributed by atoms with van der Waals surface area (Å²) in [4.78, 5) is 58.1. The summed E-state index contributed by atoms with van der Waals surface area (Å²) >= 11 is 0. The topological polar surface area (TPSA) is 214 Å². The van der Waals surface area contributed by atoms with Crippen LogP contribution in [0.5, 0.6) is 23.0 Å². The third kappa shape index (κ3) is 11.0. The molecule has 16 nitrogen and oxygen atoms in total. The molecule has 9 unspecified atom stereocenters. The van der Waals surface area contributed by atoms with E-state index in [1.807, 2.05) is 20.8 Å². The molecule has 0 saturated carbocycles. The molecule has 0 fully saturated rings. The number of likely N-dealkylation sites (N-methyl/N-ethyl adjacent to an activating group) is 2. The number of rotatable bonds is 11. The van der Waals surface area contributed by atoms with Gasteiger partial charge in [0.05, 0.1) is 41.2 Å². The number of methoxy groups -OCH3 is 1. The van der Waals surface area contributed by atoms with E-state index in [2.05, 4.69) is 10.2 Å². The molecule has 5 bridgehead atoms. The Bertz CT molecular complexity index is 2100. The zero-order valence-electron chi connectivity index (χ0n) is 38.7. The Balaban J connectivity index is 1.91. The number of benzene rings is 2. The van der Waals surface area contributed by atoms with Gasteiger partial charge >= 0.3 is 11.8 Å². The van der Waals surface area contributed by atoms with Crippen LogP contribution in [-0.4, -0.2) is 130 Å². The second-order valence-corrected chi connectivity index (χ2v) is 16.7. The van der Waals surface area contributed by atoms with Gasteiger partial charge < -0.3 is 59.2 Å². The fourth-order valence-corrected chi connectivity index (χ4v) is 8.24. The van der Waals surface area contributed by atoms with Crippen molar-refractivity contribution in [1.29, 1.82) is 0 Å². The van der Waals surface area contributed by atoms with E-state index in [0.29, 0.717) is 19.6 Å².